The zero-order valence-corrected chi connectivity index (χ0v) is 11.3. The van der Waals surface area contributed by atoms with Gasteiger partial charge in [0, 0.05) is 0 Å². The van der Waals surface area contributed by atoms with Crippen LogP contribution in [0.4, 0.5) is 0 Å². The van der Waals surface area contributed by atoms with Crippen molar-refractivity contribution in [3.05, 3.63) is 17.1 Å². The number of hydrogen-bond donors (Lipinski definition) is 0. The molecule has 0 aromatic carbocycles. The summed E-state index contributed by atoms with van der Waals surface area (Å²) < 4.78 is 22.8. The molecule has 0 aliphatic carbocycles. The molecule has 0 saturated heterocycles. The van der Waals surface area contributed by atoms with Crippen molar-refractivity contribution in [1.29, 1.82) is 0 Å². The molecule has 15 heavy (non-hydrogen) atoms. The van der Waals surface area contributed by atoms with Crippen molar-refractivity contribution in [2.45, 2.75) is 53.8 Å². The van der Waals surface area contributed by atoms with E-state index < -0.39 is 7.60 Å². The second kappa shape index (κ2) is 6.30. The molecule has 0 aromatic rings. The molecule has 0 aliphatic rings. The van der Waals surface area contributed by atoms with E-state index in [1.165, 1.54) is 5.82 Å². The molecule has 4 heteroatoms. The first-order valence-electron chi connectivity index (χ1n) is 5.13. The van der Waals surface area contributed by atoms with Gasteiger partial charge in [0.25, 0.3) is 0 Å². The summed E-state index contributed by atoms with van der Waals surface area (Å²) in [6.07, 6.45) is -0.269. The van der Waals surface area contributed by atoms with Crippen molar-refractivity contribution in [2.75, 3.05) is 0 Å². The van der Waals surface area contributed by atoms with Gasteiger partial charge in [-0.1, -0.05) is 0 Å². The Labute approximate surface area is 92.7 Å². The first-order valence-corrected chi connectivity index (χ1v) is 6.74. The van der Waals surface area contributed by atoms with E-state index in [-0.39, 0.29) is 12.2 Å². The van der Waals surface area contributed by atoms with E-state index in [1.54, 1.807) is 0 Å². The Morgan fingerprint density at radius 1 is 1.13 bits per heavy atom. The van der Waals surface area contributed by atoms with Crippen LogP contribution in [0.2, 0.25) is 0 Å². The van der Waals surface area contributed by atoms with Crippen LogP contribution < -0.4 is 0 Å². The van der Waals surface area contributed by atoms with Gasteiger partial charge in [-0.3, -0.25) is 4.57 Å². The normalized spacial score (nSPS) is 11.7. The molecule has 0 rings (SSSR count). The van der Waals surface area contributed by atoms with Crippen LogP contribution >= 0.6 is 7.60 Å². The third kappa shape index (κ3) is 7.58. The number of rotatable bonds is 5. The molecule has 0 aliphatic heterocycles. The van der Waals surface area contributed by atoms with Crippen LogP contribution in [0.5, 0.6) is 0 Å². The van der Waals surface area contributed by atoms with Crippen LogP contribution in [0.15, 0.2) is 17.1 Å². The van der Waals surface area contributed by atoms with Gasteiger partial charge in [0.2, 0.25) is 0 Å². The van der Waals surface area contributed by atoms with Gasteiger partial charge in [-0.25, -0.2) is 0 Å². The second-order valence-electron chi connectivity index (χ2n) is 4.12. The molecule has 0 spiro atoms. The summed E-state index contributed by atoms with van der Waals surface area (Å²) in [7, 11) is -3.14. The lowest BCUT2D eigenvalue weighted by molar-refractivity contribution is 0.149. The third-order valence-corrected chi connectivity index (χ3v) is 3.10. The van der Waals surface area contributed by atoms with Gasteiger partial charge in [0.05, 0.1) is 18.0 Å². The second-order valence-corrected chi connectivity index (χ2v) is 5.88. The van der Waals surface area contributed by atoms with E-state index in [9.17, 15) is 4.57 Å². The minimum Gasteiger partial charge on any atom is -0.302 e. The number of allylic oxidation sites excluding steroid dienone is 1. The van der Waals surface area contributed by atoms with E-state index >= 15 is 0 Å². The molecule has 0 aromatic heterocycles. The molecule has 0 N–H and O–H groups in total. The third-order valence-electron chi connectivity index (χ3n) is 1.23. The topological polar surface area (TPSA) is 35.5 Å². The smallest absolute Gasteiger partial charge is 0.302 e. The van der Waals surface area contributed by atoms with Gasteiger partial charge in [0.15, 0.2) is 0 Å². The highest BCUT2D eigenvalue weighted by Crippen LogP contribution is 2.51. The molecule has 0 atom stereocenters. The van der Waals surface area contributed by atoms with Crippen molar-refractivity contribution in [2.24, 2.45) is 0 Å². The highest BCUT2D eigenvalue weighted by Gasteiger charge is 2.24. The SMILES string of the molecule is CC(C)=C=CP(=O)(OC(C)C)OC(C)C. The average molecular weight is 232 g/mol. The van der Waals surface area contributed by atoms with E-state index in [4.69, 9.17) is 9.05 Å². The summed E-state index contributed by atoms with van der Waals surface area (Å²) in [4.78, 5) is 0. The zero-order valence-electron chi connectivity index (χ0n) is 10.4. The van der Waals surface area contributed by atoms with Crippen molar-refractivity contribution in [3.63, 3.8) is 0 Å². The van der Waals surface area contributed by atoms with Crippen molar-refractivity contribution in [1.82, 2.24) is 0 Å². The Morgan fingerprint density at radius 3 is 1.80 bits per heavy atom. The maximum absolute atomic E-state index is 12.2. The summed E-state index contributed by atoms with van der Waals surface area (Å²) in [5, 5.41) is 0. The minimum absolute atomic E-state index is 0.134. The van der Waals surface area contributed by atoms with E-state index in [2.05, 4.69) is 5.73 Å². The standard InChI is InChI=1S/C11H21O3P/c1-9(2)7-8-15(12,13-10(3)4)14-11(5)6/h8,10-11H,1-6H3. The number of hydrogen-bond acceptors (Lipinski definition) is 3. The first kappa shape index (κ1) is 14.7. The molecule has 0 fully saturated rings. The molecular weight excluding hydrogens is 211 g/mol. The van der Waals surface area contributed by atoms with Gasteiger partial charge < -0.3 is 9.05 Å². The van der Waals surface area contributed by atoms with Gasteiger partial charge in [-0.05, 0) is 47.1 Å². The molecule has 0 unspecified atom stereocenters. The van der Waals surface area contributed by atoms with Gasteiger partial charge in [0.1, 0.15) is 0 Å². The van der Waals surface area contributed by atoms with Crippen molar-refractivity contribution >= 4 is 7.60 Å². The quantitative estimate of drug-likeness (QED) is 0.528. The molecule has 0 saturated carbocycles. The van der Waals surface area contributed by atoms with Crippen molar-refractivity contribution < 1.29 is 13.6 Å². The largest absolute Gasteiger partial charge is 0.362 e. The molecule has 88 valence electrons. The minimum atomic E-state index is -3.14. The van der Waals surface area contributed by atoms with Crippen LogP contribution in [0.1, 0.15) is 41.5 Å². The van der Waals surface area contributed by atoms with Crippen LogP contribution in [0, 0.1) is 0 Å². The maximum Gasteiger partial charge on any atom is 0.362 e. The predicted molar refractivity (Wildman–Crippen MR) is 63.0 cm³/mol. The van der Waals surface area contributed by atoms with E-state index in [0.717, 1.165) is 5.57 Å². The van der Waals surface area contributed by atoms with E-state index in [0.29, 0.717) is 0 Å². The van der Waals surface area contributed by atoms with Gasteiger partial charge in [-0.2, -0.15) is 0 Å². The van der Waals surface area contributed by atoms with Crippen LogP contribution in [-0.4, -0.2) is 12.2 Å². The maximum atomic E-state index is 12.2. The Balaban J connectivity index is 4.87. The molecule has 0 heterocycles. The summed E-state index contributed by atoms with van der Waals surface area (Å²) in [5.74, 6) is 1.41. The zero-order chi connectivity index (χ0) is 12.1. The summed E-state index contributed by atoms with van der Waals surface area (Å²) >= 11 is 0. The summed E-state index contributed by atoms with van der Waals surface area (Å²) in [6.45, 7) is 11.1. The molecule has 0 radical (unpaired) electrons. The van der Waals surface area contributed by atoms with Crippen LogP contribution in [-0.2, 0) is 13.6 Å². The highest BCUT2D eigenvalue weighted by molar-refractivity contribution is 7.57. The molecule has 0 bridgehead atoms. The van der Waals surface area contributed by atoms with Crippen LogP contribution in [0.25, 0.3) is 0 Å². The molecular formula is C11H21O3P. The van der Waals surface area contributed by atoms with Crippen LogP contribution in [0.3, 0.4) is 0 Å². The van der Waals surface area contributed by atoms with E-state index in [1.807, 2.05) is 41.5 Å². The fourth-order valence-corrected chi connectivity index (χ4v) is 2.64. The molecule has 3 nitrogen and oxygen atoms in total. The lowest BCUT2D eigenvalue weighted by Crippen LogP contribution is -2.06. The Morgan fingerprint density at radius 2 is 1.53 bits per heavy atom. The molecule has 0 amide bonds. The Bertz CT molecular complexity index is 281. The predicted octanol–water partition coefficient (Wildman–Crippen LogP) is 4.11. The lowest BCUT2D eigenvalue weighted by atomic mass is 10.4. The summed E-state index contributed by atoms with van der Waals surface area (Å²) in [6, 6.07) is 0. The fraction of sp³-hybridized carbons (Fsp3) is 0.727. The first-order chi connectivity index (χ1) is 6.75. The summed E-state index contributed by atoms with van der Waals surface area (Å²) in [5.41, 5.74) is 3.82. The van der Waals surface area contributed by atoms with Crippen molar-refractivity contribution in [3.8, 4) is 0 Å². The Hall–Kier alpha value is -0.330. The fourth-order valence-electron chi connectivity index (χ4n) is 0.882. The lowest BCUT2D eigenvalue weighted by Gasteiger charge is -2.18. The van der Waals surface area contributed by atoms with Gasteiger partial charge in [-0.15, -0.1) is 5.73 Å². The average Bonchev–Trinajstić information content (AvgIpc) is 1.97. The highest BCUT2D eigenvalue weighted by atomic mass is 31.2. The monoisotopic (exact) mass is 232 g/mol. The Kier molecular flexibility index (Phi) is 6.16. The van der Waals surface area contributed by atoms with Gasteiger partial charge >= 0.3 is 7.60 Å².